The van der Waals surface area contributed by atoms with Crippen molar-refractivity contribution in [1.82, 2.24) is 4.90 Å². The SMILES string of the molecule is CC.CF.O=CCCN1C(=O)c2ccccc2C1=O. The van der Waals surface area contributed by atoms with Gasteiger partial charge in [0.1, 0.15) is 6.29 Å². The third kappa shape index (κ3) is 3.71. The van der Waals surface area contributed by atoms with Gasteiger partial charge in [-0.25, -0.2) is 0 Å². The molecule has 0 saturated carbocycles. The first-order chi connectivity index (χ1) is 9.25. The smallest absolute Gasteiger partial charge is 0.261 e. The summed E-state index contributed by atoms with van der Waals surface area (Å²) in [5, 5.41) is 0. The molecule has 2 amide bonds. The number of halogens is 1. The number of aldehydes is 1. The summed E-state index contributed by atoms with van der Waals surface area (Å²) in [5.41, 5.74) is 0.849. The van der Waals surface area contributed by atoms with Crippen LogP contribution < -0.4 is 0 Å². The summed E-state index contributed by atoms with van der Waals surface area (Å²) in [5.74, 6) is -0.616. The van der Waals surface area contributed by atoms with Crippen molar-refractivity contribution in [3.8, 4) is 0 Å². The molecule has 0 atom stereocenters. The van der Waals surface area contributed by atoms with Crippen LogP contribution in [-0.2, 0) is 4.79 Å². The number of benzene rings is 1. The second-order valence-corrected chi connectivity index (χ2v) is 3.26. The Balaban J connectivity index is 0.000000741. The van der Waals surface area contributed by atoms with E-state index in [0.717, 1.165) is 4.90 Å². The van der Waals surface area contributed by atoms with Gasteiger partial charge in [0.2, 0.25) is 0 Å². The maximum absolute atomic E-state index is 11.7. The third-order valence-electron chi connectivity index (χ3n) is 2.35. The maximum Gasteiger partial charge on any atom is 0.261 e. The van der Waals surface area contributed by atoms with Gasteiger partial charge in [0, 0.05) is 13.0 Å². The zero-order valence-electron chi connectivity index (χ0n) is 11.4. The molecule has 4 nitrogen and oxygen atoms in total. The highest BCUT2D eigenvalue weighted by atomic mass is 19.1. The zero-order chi connectivity index (χ0) is 14.8. The second-order valence-electron chi connectivity index (χ2n) is 3.26. The topological polar surface area (TPSA) is 54.5 Å². The van der Waals surface area contributed by atoms with Gasteiger partial charge in [-0.05, 0) is 12.1 Å². The Morgan fingerprint density at radius 3 is 1.84 bits per heavy atom. The molecule has 0 radical (unpaired) electrons. The molecule has 5 heteroatoms. The molecule has 1 heterocycles. The van der Waals surface area contributed by atoms with Crippen molar-refractivity contribution >= 4 is 18.1 Å². The van der Waals surface area contributed by atoms with Crippen LogP contribution in [0.2, 0.25) is 0 Å². The highest BCUT2D eigenvalue weighted by Gasteiger charge is 2.34. The molecule has 0 aromatic heterocycles. The molecule has 2 rings (SSSR count). The minimum absolute atomic E-state index is 0.163. The van der Waals surface area contributed by atoms with E-state index in [0.29, 0.717) is 24.6 Å². The predicted molar refractivity (Wildman–Crippen MR) is 70.9 cm³/mol. The van der Waals surface area contributed by atoms with Crippen molar-refractivity contribution in [2.75, 3.05) is 13.7 Å². The van der Waals surface area contributed by atoms with Gasteiger partial charge in [0.15, 0.2) is 0 Å². The number of nitrogens with zero attached hydrogens (tertiary/aromatic N) is 1. The maximum atomic E-state index is 11.7. The van der Waals surface area contributed by atoms with Gasteiger partial charge in [-0.2, -0.15) is 0 Å². The van der Waals surface area contributed by atoms with Gasteiger partial charge >= 0.3 is 0 Å². The number of carbonyl (C=O) groups excluding carboxylic acids is 3. The van der Waals surface area contributed by atoms with Crippen molar-refractivity contribution in [1.29, 1.82) is 0 Å². The predicted octanol–water partition coefficient (Wildman–Crippen LogP) is 2.48. The monoisotopic (exact) mass is 267 g/mol. The normalized spacial score (nSPS) is 11.9. The number of hydrogen-bond acceptors (Lipinski definition) is 3. The molecule has 1 aliphatic heterocycles. The van der Waals surface area contributed by atoms with Crippen molar-refractivity contribution in [2.24, 2.45) is 0 Å². The summed E-state index contributed by atoms with van der Waals surface area (Å²) in [6.45, 7) is 4.16. The van der Waals surface area contributed by atoms with E-state index in [4.69, 9.17) is 0 Å². The quantitative estimate of drug-likeness (QED) is 0.624. The molecule has 0 aliphatic carbocycles. The molecule has 1 aromatic rings. The second kappa shape index (κ2) is 8.97. The first-order valence-electron chi connectivity index (χ1n) is 6.02. The summed E-state index contributed by atoms with van der Waals surface area (Å²) in [4.78, 5) is 34.7. The molecule has 0 fully saturated rings. The standard InChI is InChI=1S/C11H9NO3.C2H6.CH3F/c13-7-3-6-12-10(14)8-4-1-2-5-9(8)11(12)15;2*1-2/h1-2,4-5,7H,3,6H2;1-2H3;1H3. The van der Waals surface area contributed by atoms with Crippen LogP contribution in [0.3, 0.4) is 0 Å². The Bertz CT molecular complexity index is 411. The van der Waals surface area contributed by atoms with Crippen LogP contribution in [0.5, 0.6) is 0 Å². The van der Waals surface area contributed by atoms with E-state index < -0.39 is 0 Å². The molecule has 0 spiro atoms. The van der Waals surface area contributed by atoms with Gasteiger partial charge in [-0.1, -0.05) is 26.0 Å². The zero-order valence-corrected chi connectivity index (χ0v) is 11.4. The Morgan fingerprint density at radius 1 is 1.05 bits per heavy atom. The van der Waals surface area contributed by atoms with E-state index in [9.17, 15) is 18.8 Å². The van der Waals surface area contributed by atoms with Crippen LogP contribution >= 0.6 is 0 Å². The molecule has 1 aromatic carbocycles. The van der Waals surface area contributed by atoms with Crippen LogP contribution in [0.15, 0.2) is 24.3 Å². The highest BCUT2D eigenvalue weighted by molar-refractivity contribution is 6.21. The Kier molecular flexibility index (Phi) is 8.00. The van der Waals surface area contributed by atoms with Crippen molar-refractivity contribution in [3.05, 3.63) is 35.4 Å². The number of amides is 2. The van der Waals surface area contributed by atoms with Gasteiger partial charge in [-0.15, -0.1) is 0 Å². The number of fused-ring (bicyclic) bond motifs is 1. The molecule has 19 heavy (non-hydrogen) atoms. The largest absolute Gasteiger partial charge is 0.303 e. The average molecular weight is 267 g/mol. The number of alkyl halides is 1. The summed E-state index contributed by atoms with van der Waals surface area (Å²) in [6.07, 6.45) is 0.884. The van der Waals surface area contributed by atoms with Gasteiger partial charge in [0.25, 0.3) is 11.8 Å². The van der Waals surface area contributed by atoms with Gasteiger partial charge < -0.3 is 4.79 Å². The Morgan fingerprint density at radius 2 is 1.47 bits per heavy atom. The Labute approximate surface area is 112 Å². The van der Waals surface area contributed by atoms with E-state index in [-0.39, 0.29) is 24.8 Å². The van der Waals surface area contributed by atoms with E-state index in [1.807, 2.05) is 13.8 Å². The first-order valence-corrected chi connectivity index (χ1v) is 6.02. The number of imide groups is 1. The average Bonchev–Trinajstić information content (AvgIpc) is 2.74. The van der Waals surface area contributed by atoms with Crippen LogP contribution in [0.25, 0.3) is 0 Å². The van der Waals surface area contributed by atoms with Crippen molar-refractivity contribution in [3.63, 3.8) is 0 Å². The van der Waals surface area contributed by atoms with Crippen molar-refractivity contribution < 1.29 is 18.8 Å². The van der Waals surface area contributed by atoms with E-state index in [1.54, 1.807) is 24.3 Å². The van der Waals surface area contributed by atoms with E-state index in [2.05, 4.69) is 0 Å². The first kappa shape index (κ1) is 17.0. The van der Waals surface area contributed by atoms with E-state index >= 15 is 0 Å². The fraction of sp³-hybridized carbons (Fsp3) is 0.357. The minimum Gasteiger partial charge on any atom is -0.303 e. The van der Waals surface area contributed by atoms with Crippen molar-refractivity contribution in [2.45, 2.75) is 20.3 Å². The van der Waals surface area contributed by atoms with Crippen LogP contribution in [0.4, 0.5) is 4.39 Å². The lowest BCUT2D eigenvalue weighted by atomic mass is 10.1. The lowest BCUT2D eigenvalue weighted by Crippen LogP contribution is -2.30. The number of hydrogen-bond donors (Lipinski definition) is 0. The summed E-state index contributed by atoms with van der Waals surface area (Å²) in [6, 6.07) is 6.67. The molecule has 0 unspecified atom stereocenters. The summed E-state index contributed by atoms with van der Waals surface area (Å²) < 4.78 is 9.50. The van der Waals surface area contributed by atoms with Gasteiger partial charge in [-0.3, -0.25) is 18.9 Å². The molecule has 1 aliphatic rings. The molecular formula is C14H18FNO3. The van der Waals surface area contributed by atoms with E-state index in [1.165, 1.54) is 0 Å². The molecule has 104 valence electrons. The summed E-state index contributed by atoms with van der Waals surface area (Å²) in [7, 11) is 0.500. The lowest BCUT2D eigenvalue weighted by molar-refractivity contribution is -0.107. The van der Waals surface area contributed by atoms with Crippen LogP contribution in [0, 0.1) is 0 Å². The fourth-order valence-corrected chi connectivity index (χ4v) is 1.62. The molecular weight excluding hydrogens is 249 g/mol. The molecule has 0 saturated heterocycles. The summed E-state index contributed by atoms with van der Waals surface area (Å²) >= 11 is 0. The minimum atomic E-state index is -0.308. The van der Waals surface area contributed by atoms with Crippen LogP contribution in [-0.4, -0.2) is 36.7 Å². The van der Waals surface area contributed by atoms with Crippen LogP contribution in [0.1, 0.15) is 41.0 Å². The lowest BCUT2D eigenvalue weighted by Gasteiger charge is -2.10. The fourth-order valence-electron chi connectivity index (χ4n) is 1.62. The third-order valence-corrected chi connectivity index (χ3v) is 2.35. The number of carbonyl (C=O) groups is 3. The Hall–Kier alpha value is -2.04. The van der Waals surface area contributed by atoms with Gasteiger partial charge in [0.05, 0.1) is 18.3 Å². The molecule has 0 bridgehead atoms. The molecule has 0 N–H and O–H groups in total. The number of rotatable bonds is 3. The highest BCUT2D eigenvalue weighted by Crippen LogP contribution is 2.21.